The van der Waals surface area contributed by atoms with Crippen LogP contribution in [0.2, 0.25) is 5.02 Å². The van der Waals surface area contributed by atoms with E-state index in [1.54, 1.807) is 6.08 Å². The summed E-state index contributed by atoms with van der Waals surface area (Å²) in [5, 5.41) is 13.5. The zero-order valence-corrected chi connectivity index (χ0v) is 13.2. The average Bonchev–Trinajstić information content (AvgIpc) is 2.40. The molecule has 0 unspecified atom stereocenters. The highest BCUT2D eigenvalue weighted by atomic mass is 35.5. The van der Waals surface area contributed by atoms with E-state index in [2.05, 4.69) is 16.8 Å². The molecule has 2 N–H and O–H groups in total. The summed E-state index contributed by atoms with van der Waals surface area (Å²) in [5.74, 6) is -1.04. The standard InChI is InChI=1S/C13H16ClFN2O.2ClH/c1-2-11(17-7-5-16-6-8-17)12-9(14)3-4-10(15)13(12)18;;/h2-4,11,16,18H,1,5-8H2;2*1H/t11-;;/m0../s1. The number of rotatable bonds is 3. The van der Waals surface area contributed by atoms with Crippen molar-refractivity contribution in [2.24, 2.45) is 0 Å². The third kappa shape index (κ3) is 3.99. The Hall–Kier alpha value is -0.520. The first kappa shape index (κ1) is 19.5. The first-order chi connectivity index (χ1) is 8.65. The van der Waals surface area contributed by atoms with Crippen LogP contribution in [0.1, 0.15) is 11.6 Å². The first-order valence-corrected chi connectivity index (χ1v) is 6.27. The number of hydrogen-bond acceptors (Lipinski definition) is 3. The summed E-state index contributed by atoms with van der Waals surface area (Å²) in [7, 11) is 0. The topological polar surface area (TPSA) is 35.5 Å². The highest BCUT2D eigenvalue weighted by molar-refractivity contribution is 6.31. The highest BCUT2D eigenvalue weighted by Gasteiger charge is 2.25. The van der Waals surface area contributed by atoms with Gasteiger partial charge in [-0.3, -0.25) is 4.90 Å². The fourth-order valence-electron chi connectivity index (χ4n) is 2.25. The maximum absolute atomic E-state index is 13.4. The number of halogens is 4. The molecule has 20 heavy (non-hydrogen) atoms. The molecule has 1 atom stereocenters. The predicted molar refractivity (Wildman–Crippen MR) is 85.0 cm³/mol. The molecule has 1 heterocycles. The number of piperazine rings is 1. The van der Waals surface area contributed by atoms with Crippen molar-refractivity contribution in [1.29, 1.82) is 0 Å². The molecule has 7 heteroatoms. The minimum Gasteiger partial charge on any atom is -0.505 e. The second-order valence-electron chi connectivity index (χ2n) is 4.26. The quantitative estimate of drug-likeness (QED) is 0.828. The van der Waals surface area contributed by atoms with Gasteiger partial charge in [0, 0.05) is 36.8 Å². The van der Waals surface area contributed by atoms with E-state index in [4.69, 9.17) is 11.6 Å². The van der Waals surface area contributed by atoms with Gasteiger partial charge in [-0.1, -0.05) is 17.7 Å². The third-order valence-corrected chi connectivity index (χ3v) is 3.51. The monoisotopic (exact) mass is 342 g/mol. The Balaban J connectivity index is 0.00000180. The molecule has 1 saturated heterocycles. The minimum absolute atomic E-state index is 0. The van der Waals surface area contributed by atoms with Gasteiger partial charge in [-0.15, -0.1) is 31.4 Å². The van der Waals surface area contributed by atoms with Crippen molar-refractivity contribution >= 4 is 36.4 Å². The largest absolute Gasteiger partial charge is 0.505 e. The molecule has 114 valence electrons. The maximum atomic E-state index is 13.4. The summed E-state index contributed by atoms with van der Waals surface area (Å²) >= 11 is 6.08. The summed E-state index contributed by atoms with van der Waals surface area (Å²) in [6.07, 6.45) is 1.69. The van der Waals surface area contributed by atoms with Gasteiger partial charge < -0.3 is 10.4 Å². The Kier molecular flexibility index (Phi) is 8.47. The average molecular weight is 344 g/mol. The van der Waals surface area contributed by atoms with E-state index in [-0.39, 0.29) is 36.6 Å². The van der Waals surface area contributed by atoms with E-state index in [1.165, 1.54) is 12.1 Å². The fourth-order valence-corrected chi connectivity index (χ4v) is 2.51. The van der Waals surface area contributed by atoms with Crippen LogP contribution < -0.4 is 5.32 Å². The van der Waals surface area contributed by atoms with Crippen molar-refractivity contribution in [1.82, 2.24) is 10.2 Å². The molecule has 1 aromatic rings. The van der Waals surface area contributed by atoms with Gasteiger partial charge >= 0.3 is 0 Å². The van der Waals surface area contributed by atoms with Crippen LogP contribution >= 0.6 is 36.4 Å². The predicted octanol–water partition coefficient (Wildman–Crippen LogP) is 3.16. The van der Waals surface area contributed by atoms with Gasteiger partial charge in [0.25, 0.3) is 0 Å². The summed E-state index contributed by atoms with van der Waals surface area (Å²) in [6.45, 7) is 7.11. The van der Waals surface area contributed by atoms with Crippen molar-refractivity contribution in [3.63, 3.8) is 0 Å². The molecule has 1 aromatic carbocycles. The van der Waals surface area contributed by atoms with Gasteiger partial charge in [-0.2, -0.15) is 0 Å². The van der Waals surface area contributed by atoms with E-state index >= 15 is 0 Å². The maximum Gasteiger partial charge on any atom is 0.165 e. The summed E-state index contributed by atoms with van der Waals surface area (Å²) in [5.41, 5.74) is 0.397. The lowest BCUT2D eigenvalue weighted by atomic mass is 10.0. The molecule has 0 aromatic heterocycles. The van der Waals surface area contributed by atoms with Crippen molar-refractivity contribution in [3.05, 3.63) is 41.2 Å². The van der Waals surface area contributed by atoms with Gasteiger partial charge in [-0.05, 0) is 12.1 Å². The number of aromatic hydroxyl groups is 1. The SMILES string of the molecule is C=C[C@@H](c1c(Cl)ccc(F)c1O)N1CCNCC1.Cl.Cl. The molecule has 0 radical (unpaired) electrons. The molecule has 1 aliphatic heterocycles. The van der Waals surface area contributed by atoms with Crippen LogP contribution in [0.4, 0.5) is 4.39 Å². The molecule has 0 bridgehead atoms. The smallest absolute Gasteiger partial charge is 0.165 e. The molecular formula is C13H18Cl3FN2O. The molecule has 0 aliphatic carbocycles. The zero-order chi connectivity index (χ0) is 13.1. The van der Waals surface area contributed by atoms with Crippen LogP contribution in [-0.2, 0) is 0 Å². The molecule has 1 fully saturated rings. The van der Waals surface area contributed by atoms with Crippen molar-refractivity contribution in [2.45, 2.75) is 6.04 Å². The lowest BCUT2D eigenvalue weighted by molar-refractivity contribution is 0.200. The fraction of sp³-hybridized carbons (Fsp3) is 0.385. The summed E-state index contributed by atoms with van der Waals surface area (Å²) < 4.78 is 13.4. The molecule has 3 nitrogen and oxygen atoms in total. The Morgan fingerprint density at radius 2 is 1.95 bits per heavy atom. The minimum atomic E-state index is -0.656. The highest BCUT2D eigenvalue weighted by Crippen LogP contribution is 2.37. The lowest BCUT2D eigenvalue weighted by Crippen LogP contribution is -2.44. The molecule has 0 amide bonds. The summed E-state index contributed by atoms with van der Waals surface area (Å²) in [6, 6.07) is 2.36. The van der Waals surface area contributed by atoms with Crippen LogP contribution in [-0.4, -0.2) is 36.2 Å². The van der Waals surface area contributed by atoms with Crippen LogP contribution in [0.5, 0.6) is 5.75 Å². The summed E-state index contributed by atoms with van der Waals surface area (Å²) in [4.78, 5) is 2.11. The van der Waals surface area contributed by atoms with E-state index in [0.717, 1.165) is 26.2 Å². The number of phenols is 1. The number of benzene rings is 1. The molecule has 1 aliphatic rings. The molecule has 0 spiro atoms. The number of nitrogens with one attached hydrogen (secondary N) is 1. The number of hydrogen-bond donors (Lipinski definition) is 2. The second-order valence-corrected chi connectivity index (χ2v) is 4.67. The van der Waals surface area contributed by atoms with Crippen molar-refractivity contribution in [2.75, 3.05) is 26.2 Å². The normalized spacial score (nSPS) is 16.7. The van der Waals surface area contributed by atoms with Gasteiger partial charge in [0.1, 0.15) is 0 Å². The number of phenolic OH excluding ortho intramolecular Hbond substituents is 1. The number of nitrogens with zero attached hydrogens (tertiary/aromatic N) is 1. The Bertz CT molecular complexity index is 453. The third-order valence-electron chi connectivity index (χ3n) is 3.18. The van der Waals surface area contributed by atoms with Gasteiger partial charge in [0.2, 0.25) is 0 Å². The van der Waals surface area contributed by atoms with Crippen LogP contribution in [0.25, 0.3) is 0 Å². The van der Waals surface area contributed by atoms with E-state index in [0.29, 0.717) is 10.6 Å². The van der Waals surface area contributed by atoms with Crippen LogP contribution in [0.15, 0.2) is 24.8 Å². The zero-order valence-electron chi connectivity index (χ0n) is 10.8. The van der Waals surface area contributed by atoms with Crippen molar-refractivity contribution in [3.8, 4) is 5.75 Å². The second kappa shape index (κ2) is 8.70. The lowest BCUT2D eigenvalue weighted by Gasteiger charge is -2.34. The van der Waals surface area contributed by atoms with Gasteiger partial charge in [0.15, 0.2) is 11.6 Å². The van der Waals surface area contributed by atoms with E-state index in [9.17, 15) is 9.50 Å². The van der Waals surface area contributed by atoms with Crippen molar-refractivity contribution < 1.29 is 9.50 Å². The van der Waals surface area contributed by atoms with Gasteiger partial charge in [-0.25, -0.2) is 4.39 Å². The van der Waals surface area contributed by atoms with Crippen LogP contribution in [0, 0.1) is 5.82 Å². The molecular weight excluding hydrogens is 326 g/mol. The Morgan fingerprint density at radius 1 is 1.35 bits per heavy atom. The van der Waals surface area contributed by atoms with E-state index < -0.39 is 5.82 Å². The van der Waals surface area contributed by atoms with Gasteiger partial charge in [0.05, 0.1) is 6.04 Å². The van der Waals surface area contributed by atoms with Crippen LogP contribution in [0.3, 0.4) is 0 Å². The first-order valence-electron chi connectivity index (χ1n) is 5.89. The Morgan fingerprint density at radius 3 is 2.50 bits per heavy atom. The molecule has 2 rings (SSSR count). The molecule has 0 saturated carbocycles. The Labute approximate surface area is 135 Å². The van der Waals surface area contributed by atoms with E-state index in [1.807, 2.05) is 0 Å².